The van der Waals surface area contributed by atoms with Crippen molar-refractivity contribution >= 4 is 11.8 Å². The van der Waals surface area contributed by atoms with Gasteiger partial charge in [0.05, 0.1) is 12.1 Å². The lowest BCUT2D eigenvalue weighted by molar-refractivity contribution is -0.130. The van der Waals surface area contributed by atoms with Crippen LogP contribution in [0.5, 0.6) is 0 Å². The van der Waals surface area contributed by atoms with Crippen molar-refractivity contribution in [1.29, 1.82) is 0 Å². The smallest absolute Gasteiger partial charge is 0.237 e. The summed E-state index contributed by atoms with van der Waals surface area (Å²) in [6.45, 7) is 6.23. The van der Waals surface area contributed by atoms with Crippen molar-refractivity contribution in [1.82, 2.24) is 20.4 Å². The molecule has 0 aromatic heterocycles. The maximum absolute atomic E-state index is 12.9. The molecule has 148 valence electrons. The Bertz CT molecular complexity index is 644. The SMILES string of the molecule is C[C@H](C(=O)NCc1ccc(F)cc1)N1CCN([C@@H]2CCCCNC2=O)CC1. The molecule has 7 heteroatoms. The highest BCUT2D eigenvalue weighted by atomic mass is 19.1. The Balaban J connectivity index is 1.45. The number of benzene rings is 1. The summed E-state index contributed by atoms with van der Waals surface area (Å²) in [6, 6.07) is 5.89. The first kappa shape index (κ1) is 19.8. The summed E-state index contributed by atoms with van der Waals surface area (Å²) in [5.41, 5.74) is 0.876. The number of nitrogens with zero attached hydrogens (tertiary/aromatic N) is 2. The first-order valence-corrected chi connectivity index (χ1v) is 9.82. The highest BCUT2D eigenvalue weighted by Gasteiger charge is 2.32. The van der Waals surface area contributed by atoms with Crippen LogP contribution in [0.3, 0.4) is 0 Å². The molecule has 2 aliphatic heterocycles. The van der Waals surface area contributed by atoms with Crippen molar-refractivity contribution < 1.29 is 14.0 Å². The number of rotatable bonds is 5. The standard InChI is InChI=1S/C20H29FN4O2/c1-15(19(26)23-14-16-5-7-17(21)8-6-16)24-10-12-25(13-11-24)18-4-2-3-9-22-20(18)27/h5-8,15,18H,2-4,9-14H2,1H3,(H,22,27)(H,23,26)/t15-,18-/m1/s1. The minimum absolute atomic E-state index is 0.0278. The molecule has 27 heavy (non-hydrogen) atoms. The van der Waals surface area contributed by atoms with Crippen LogP contribution in [0.1, 0.15) is 31.7 Å². The van der Waals surface area contributed by atoms with Crippen LogP contribution in [0.15, 0.2) is 24.3 Å². The molecule has 1 aromatic carbocycles. The van der Waals surface area contributed by atoms with Crippen molar-refractivity contribution in [3.63, 3.8) is 0 Å². The summed E-state index contributed by atoms with van der Waals surface area (Å²) in [4.78, 5) is 29.1. The summed E-state index contributed by atoms with van der Waals surface area (Å²) in [7, 11) is 0. The van der Waals surface area contributed by atoms with E-state index in [4.69, 9.17) is 0 Å². The van der Waals surface area contributed by atoms with Gasteiger partial charge in [0.1, 0.15) is 5.82 Å². The second kappa shape index (κ2) is 9.28. The van der Waals surface area contributed by atoms with Crippen LogP contribution in [-0.2, 0) is 16.1 Å². The molecule has 0 spiro atoms. The quantitative estimate of drug-likeness (QED) is 0.808. The third-order valence-corrected chi connectivity index (χ3v) is 5.60. The van der Waals surface area contributed by atoms with Crippen molar-refractivity contribution in [2.75, 3.05) is 32.7 Å². The highest BCUT2D eigenvalue weighted by molar-refractivity contribution is 5.82. The van der Waals surface area contributed by atoms with E-state index in [1.54, 1.807) is 12.1 Å². The molecule has 2 fully saturated rings. The van der Waals surface area contributed by atoms with Crippen LogP contribution in [0, 0.1) is 5.82 Å². The van der Waals surface area contributed by atoms with Crippen molar-refractivity contribution in [2.45, 2.75) is 44.8 Å². The minimum Gasteiger partial charge on any atom is -0.355 e. The zero-order valence-electron chi connectivity index (χ0n) is 15.9. The number of halogens is 1. The average molecular weight is 376 g/mol. The average Bonchev–Trinajstić information content (AvgIpc) is 2.91. The van der Waals surface area contributed by atoms with E-state index in [-0.39, 0.29) is 29.7 Å². The molecular formula is C20H29FN4O2. The molecule has 0 aliphatic carbocycles. The van der Waals surface area contributed by atoms with E-state index in [0.29, 0.717) is 6.54 Å². The number of carbonyl (C=O) groups is 2. The van der Waals surface area contributed by atoms with Gasteiger partial charge in [-0.3, -0.25) is 19.4 Å². The first-order valence-electron chi connectivity index (χ1n) is 9.82. The fraction of sp³-hybridized carbons (Fsp3) is 0.600. The Morgan fingerprint density at radius 2 is 1.93 bits per heavy atom. The van der Waals surface area contributed by atoms with Gasteiger partial charge >= 0.3 is 0 Å². The summed E-state index contributed by atoms with van der Waals surface area (Å²) >= 11 is 0. The Morgan fingerprint density at radius 1 is 1.22 bits per heavy atom. The van der Waals surface area contributed by atoms with Gasteiger partial charge in [-0.2, -0.15) is 0 Å². The molecule has 2 N–H and O–H groups in total. The topological polar surface area (TPSA) is 64.7 Å². The second-order valence-corrected chi connectivity index (χ2v) is 7.39. The maximum atomic E-state index is 12.9. The van der Waals surface area contributed by atoms with Gasteiger partial charge in [-0.1, -0.05) is 12.1 Å². The number of carbonyl (C=O) groups excluding carboxylic acids is 2. The largest absolute Gasteiger partial charge is 0.355 e. The van der Waals surface area contributed by atoms with Crippen molar-refractivity contribution in [3.05, 3.63) is 35.6 Å². The lowest BCUT2D eigenvalue weighted by Gasteiger charge is -2.40. The fourth-order valence-electron chi connectivity index (χ4n) is 3.81. The molecule has 6 nitrogen and oxygen atoms in total. The van der Waals surface area contributed by atoms with Gasteiger partial charge in [0, 0.05) is 39.3 Å². The van der Waals surface area contributed by atoms with Gasteiger partial charge in [-0.15, -0.1) is 0 Å². The molecule has 2 aliphatic rings. The van der Waals surface area contributed by atoms with Gasteiger partial charge in [-0.05, 0) is 43.9 Å². The number of nitrogens with one attached hydrogen (secondary N) is 2. The van der Waals surface area contributed by atoms with Gasteiger partial charge < -0.3 is 10.6 Å². The predicted octanol–water partition coefficient (Wildman–Crippen LogP) is 1.12. The van der Waals surface area contributed by atoms with E-state index in [1.165, 1.54) is 12.1 Å². The van der Waals surface area contributed by atoms with E-state index in [2.05, 4.69) is 20.4 Å². The molecule has 2 heterocycles. The summed E-state index contributed by atoms with van der Waals surface area (Å²) in [6.07, 6.45) is 3.04. The number of amides is 2. The van der Waals surface area contributed by atoms with Crippen LogP contribution in [-0.4, -0.2) is 66.4 Å². The second-order valence-electron chi connectivity index (χ2n) is 7.39. The molecule has 2 atom stereocenters. The first-order chi connectivity index (χ1) is 13.0. The molecule has 0 saturated carbocycles. The van der Waals surface area contributed by atoms with Crippen LogP contribution < -0.4 is 10.6 Å². The van der Waals surface area contributed by atoms with Crippen LogP contribution >= 0.6 is 0 Å². The fourth-order valence-corrected chi connectivity index (χ4v) is 3.81. The number of hydrogen-bond donors (Lipinski definition) is 2. The maximum Gasteiger partial charge on any atom is 0.237 e. The Morgan fingerprint density at radius 3 is 2.63 bits per heavy atom. The van der Waals surface area contributed by atoms with E-state index in [9.17, 15) is 14.0 Å². The van der Waals surface area contributed by atoms with Gasteiger partial charge in [0.2, 0.25) is 11.8 Å². The van der Waals surface area contributed by atoms with Crippen LogP contribution in [0.2, 0.25) is 0 Å². The molecule has 2 amide bonds. The van der Waals surface area contributed by atoms with E-state index < -0.39 is 0 Å². The Kier molecular flexibility index (Phi) is 6.79. The van der Waals surface area contributed by atoms with Crippen molar-refractivity contribution in [2.24, 2.45) is 0 Å². The molecule has 0 unspecified atom stereocenters. The molecule has 3 rings (SSSR count). The summed E-state index contributed by atoms with van der Waals surface area (Å²) in [5.74, 6) is -0.162. The monoisotopic (exact) mass is 376 g/mol. The highest BCUT2D eigenvalue weighted by Crippen LogP contribution is 2.16. The predicted molar refractivity (Wildman–Crippen MR) is 102 cm³/mol. The third-order valence-electron chi connectivity index (χ3n) is 5.60. The Hall–Kier alpha value is -1.99. The number of hydrogen-bond acceptors (Lipinski definition) is 4. The lowest BCUT2D eigenvalue weighted by Crippen LogP contribution is -2.57. The van der Waals surface area contributed by atoms with Crippen LogP contribution in [0.25, 0.3) is 0 Å². The summed E-state index contributed by atoms with van der Waals surface area (Å²) in [5, 5.41) is 5.92. The molecule has 0 radical (unpaired) electrons. The minimum atomic E-state index is -0.279. The third kappa shape index (κ3) is 5.26. The normalized spacial score (nSPS) is 23.3. The van der Waals surface area contributed by atoms with Gasteiger partial charge in [-0.25, -0.2) is 4.39 Å². The number of piperazine rings is 1. The molecule has 2 saturated heterocycles. The Labute approximate surface area is 160 Å². The summed E-state index contributed by atoms with van der Waals surface area (Å²) < 4.78 is 12.9. The van der Waals surface area contributed by atoms with E-state index in [0.717, 1.165) is 57.5 Å². The lowest BCUT2D eigenvalue weighted by atomic mass is 10.1. The molecule has 0 bridgehead atoms. The van der Waals surface area contributed by atoms with Gasteiger partial charge in [0.15, 0.2) is 0 Å². The zero-order valence-corrected chi connectivity index (χ0v) is 15.9. The van der Waals surface area contributed by atoms with Gasteiger partial charge in [0.25, 0.3) is 0 Å². The van der Waals surface area contributed by atoms with Crippen LogP contribution in [0.4, 0.5) is 4.39 Å². The van der Waals surface area contributed by atoms with E-state index >= 15 is 0 Å². The van der Waals surface area contributed by atoms with Crippen molar-refractivity contribution in [3.8, 4) is 0 Å². The van der Waals surface area contributed by atoms with E-state index in [1.807, 2.05) is 6.92 Å². The molecular weight excluding hydrogens is 347 g/mol. The zero-order chi connectivity index (χ0) is 19.2. The molecule has 1 aromatic rings.